The number of aromatic nitrogens is 1. The zero-order valence-corrected chi connectivity index (χ0v) is 11.3. The van der Waals surface area contributed by atoms with Gasteiger partial charge in [-0.05, 0) is 19.3 Å². The van der Waals surface area contributed by atoms with Gasteiger partial charge in [0.15, 0.2) is 5.13 Å². The number of thiazole rings is 1. The van der Waals surface area contributed by atoms with E-state index in [1.54, 1.807) is 0 Å². The Kier molecular flexibility index (Phi) is 4.54. The molecule has 2 rings (SSSR count). The third kappa shape index (κ3) is 3.68. The van der Waals surface area contributed by atoms with Crippen LogP contribution in [-0.4, -0.2) is 42.4 Å². The molecule has 1 saturated heterocycles. The van der Waals surface area contributed by atoms with Gasteiger partial charge in [-0.15, -0.1) is 11.3 Å². The summed E-state index contributed by atoms with van der Waals surface area (Å²) in [5.74, 6) is -0.842. The van der Waals surface area contributed by atoms with E-state index < -0.39 is 5.97 Å². The Hall–Kier alpha value is -1.14. The van der Waals surface area contributed by atoms with Gasteiger partial charge in [-0.25, -0.2) is 4.98 Å². The molecule has 1 aliphatic rings. The smallest absolute Gasteiger partial charge is 0.309 e. The molecule has 0 amide bonds. The average Bonchev–Trinajstić information content (AvgIpc) is 2.78. The van der Waals surface area contributed by atoms with E-state index in [0.717, 1.165) is 31.1 Å². The second-order valence-corrected chi connectivity index (χ2v) is 5.40. The largest absolute Gasteiger partial charge is 0.481 e. The van der Waals surface area contributed by atoms with Gasteiger partial charge >= 0.3 is 5.97 Å². The lowest BCUT2D eigenvalue weighted by Crippen LogP contribution is -2.33. The van der Waals surface area contributed by atoms with Gasteiger partial charge in [0.2, 0.25) is 0 Å². The molecule has 1 unspecified atom stereocenters. The van der Waals surface area contributed by atoms with Gasteiger partial charge in [-0.3, -0.25) is 4.79 Å². The van der Waals surface area contributed by atoms with Crippen molar-refractivity contribution in [3.63, 3.8) is 0 Å². The van der Waals surface area contributed by atoms with Gasteiger partial charge < -0.3 is 14.7 Å². The molecule has 0 bridgehead atoms. The van der Waals surface area contributed by atoms with Crippen LogP contribution in [0.2, 0.25) is 0 Å². The fraction of sp³-hybridized carbons (Fsp3) is 0.667. The van der Waals surface area contributed by atoms with E-state index in [0.29, 0.717) is 5.69 Å². The quantitative estimate of drug-likeness (QED) is 0.883. The Morgan fingerprint density at radius 2 is 2.50 bits per heavy atom. The summed E-state index contributed by atoms with van der Waals surface area (Å²) in [6.07, 6.45) is 3.73. The van der Waals surface area contributed by atoms with Gasteiger partial charge in [-0.2, -0.15) is 0 Å². The first-order chi connectivity index (χ1) is 8.65. The second-order valence-electron chi connectivity index (χ2n) is 4.56. The molecule has 0 spiro atoms. The molecule has 18 heavy (non-hydrogen) atoms. The van der Waals surface area contributed by atoms with Crippen molar-refractivity contribution in [1.82, 2.24) is 4.98 Å². The zero-order chi connectivity index (χ0) is 13.0. The first kappa shape index (κ1) is 13.3. The predicted molar refractivity (Wildman–Crippen MR) is 70.3 cm³/mol. The summed E-state index contributed by atoms with van der Waals surface area (Å²) in [4.78, 5) is 17.0. The number of rotatable bonds is 5. The molecule has 1 aromatic rings. The van der Waals surface area contributed by atoms with E-state index in [1.165, 1.54) is 17.8 Å². The number of anilines is 1. The van der Waals surface area contributed by atoms with E-state index in [4.69, 9.17) is 9.84 Å². The van der Waals surface area contributed by atoms with Crippen LogP contribution in [0.15, 0.2) is 5.38 Å². The highest BCUT2D eigenvalue weighted by Crippen LogP contribution is 2.22. The molecule has 0 aromatic carbocycles. The molecule has 1 aliphatic heterocycles. The van der Waals surface area contributed by atoms with Crippen LogP contribution in [0.1, 0.15) is 25.0 Å². The van der Waals surface area contributed by atoms with Crippen LogP contribution >= 0.6 is 11.3 Å². The minimum absolute atomic E-state index is 0.00965. The Balaban J connectivity index is 1.89. The fourth-order valence-electron chi connectivity index (χ4n) is 2.04. The van der Waals surface area contributed by atoms with E-state index in [2.05, 4.69) is 4.98 Å². The first-order valence-electron chi connectivity index (χ1n) is 6.14. The highest BCUT2D eigenvalue weighted by Gasteiger charge is 2.17. The third-order valence-corrected chi connectivity index (χ3v) is 3.95. The van der Waals surface area contributed by atoms with Crippen molar-refractivity contribution in [2.75, 3.05) is 25.1 Å². The maximum atomic E-state index is 10.6. The number of ether oxygens (including phenoxy) is 1. The fourth-order valence-corrected chi connectivity index (χ4v) is 2.84. The molecular weight excluding hydrogens is 252 g/mol. The molecule has 6 heteroatoms. The number of carbonyl (C=O) groups is 1. The van der Waals surface area contributed by atoms with Gasteiger partial charge in [-0.1, -0.05) is 0 Å². The summed E-state index contributed by atoms with van der Waals surface area (Å²) in [5.41, 5.74) is 0.624. The van der Waals surface area contributed by atoms with Crippen LogP contribution in [-0.2, 0) is 16.0 Å². The number of hydrogen-bond acceptors (Lipinski definition) is 5. The Labute approximate surface area is 110 Å². The van der Waals surface area contributed by atoms with Crippen molar-refractivity contribution >= 4 is 22.4 Å². The average molecular weight is 270 g/mol. The normalized spacial score (nSPS) is 19.7. The van der Waals surface area contributed by atoms with E-state index in [9.17, 15) is 4.79 Å². The molecule has 5 nitrogen and oxygen atoms in total. The van der Waals surface area contributed by atoms with E-state index in [-0.39, 0.29) is 12.5 Å². The van der Waals surface area contributed by atoms with Crippen LogP contribution in [0.25, 0.3) is 0 Å². The number of carboxylic acid groups (broad SMARTS) is 1. The Bertz CT molecular complexity index is 402. The zero-order valence-electron chi connectivity index (χ0n) is 10.5. The van der Waals surface area contributed by atoms with Crippen molar-refractivity contribution in [2.45, 2.75) is 31.8 Å². The second kappa shape index (κ2) is 6.15. The van der Waals surface area contributed by atoms with Crippen LogP contribution in [0.3, 0.4) is 0 Å². The molecule has 0 aliphatic carbocycles. The summed E-state index contributed by atoms with van der Waals surface area (Å²) < 4.78 is 5.68. The lowest BCUT2D eigenvalue weighted by atomic mass is 10.1. The number of nitrogens with zero attached hydrogens (tertiary/aromatic N) is 2. The van der Waals surface area contributed by atoms with Crippen molar-refractivity contribution in [3.05, 3.63) is 11.1 Å². The Morgan fingerprint density at radius 1 is 1.67 bits per heavy atom. The molecule has 2 heterocycles. The van der Waals surface area contributed by atoms with Crippen LogP contribution in [0.4, 0.5) is 5.13 Å². The first-order valence-corrected chi connectivity index (χ1v) is 7.02. The van der Waals surface area contributed by atoms with E-state index in [1.807, 2.05) is 17.3 Å². The highest BCUT2D eigenvalue weighted by molar-refractivity contribution is 7.13. The van der Waals surface area contributed by atoms with Gasteiger partial charge in [0.25, 0.3) is 0 Å². The number of carboxylic acids is 1. The van der Waals surface area contributed by atoms with Gasteiger partial charge in [0, 0.05) is 25.6 Å². The van der Waals surface area contributed by atoms with Crippen molar-refractivity contribution < 1.29 is 14.6 Å². The van der Waals surface area contributed by atoms with Crippen LogP contribution < -0.4 is 4.90 Å². The summed E-state index contributed by atoms with van der Waals surface area (Å²) in [5, 5.41) is 11.4. The van der Waals surface area contributed by atoms with Crippen molar-refractivity contribution in [3.8, 4) is 0 Å². The topological polar surface area (TPSA) is 62.7 Å². The minimum atomic E-state index is -0.842. The number of hydrogen-bond donors (Lipinski definition) is 1. The summed E-state index contributed by atoms with van der Waals surface area (Å²) in [7, 11) is 1.97. The maximum Gasteiger partial charge on any atom is 0.309 e. The molecule has 0 radical (unpaired) electrons. The monoisotopic (exact) mass is 270 g/mol. The standard InChI is InChI=1S/C12H18N2O3S/c1-14(7-10-4-2-3-5-17-10)12-13-9(8-18-12)6-11(15)16/h8,10H,2-7H2,1H3,(H,15,16). The molecule has 1 fully saturated rings. The third-order valence-electron chi connectivity index (χ3n) is 2.95. The molecule has 0 saturated carbocycles. The SMILES string of the molecule is CN(CC1CCCCO1)c1nc(CC(=O)O)cs1. The van der Waals surface area contributed by atoms with E-state index >= 15 is 0 Å². The molecular formula is C12H18N2O3S. The van der Waals surface area contributed by atoms with Crippen molar-refractivity contribution in [2.24, 2.45) is 0 Å². The lowest BCUT2D eigenvalue weighted by molar-refractivity contribution is -0.136. The summed E-state index contributed by atoms with van der Waals surface area (Å²) in [6, 6.07) is 0. The summed E-state index contributed by atoms with van der Waals surface area (Å²) in [6.45, 7) is 1.67. The predicted octanol–water partition coefficient (Wildman–Crippen LogP) is 1.78. The minimum Gasteiger partial charge on any atom is -0.481 e. The van der Waals surface area contributed by atoms with Crippen LogP contribution in [0.5, 0.6) is 0 Å². The maximum absolute atomic E-state index is 10.6. The molecule has 1 N–H and O–H groups in total. The van der Waals surface area contributed by atoms with Gasteiger partial charge in [0.05, 0.1) is 18.2 Å². The molecule has 100 valence electrons. The molecule has 1 atom stereocenters. The van der Waals surface area contributed by atoms with Crippen LogP contribution in [0, 0.1) is 0 Å². The number of likely N-dealkylation sites (N-methyl/N-ethyl adjacent to an activating group) is 1. The van der Waals surface area contributed by atoms with Crippen molar-refractivity contribution in [1.29, 1.82) is 0 Å². The number of aliphatic carboxylic acids is 1. The highest BCUT2D eigenvalue weighted by atomic mass is 32.1. The lowest BCUT2D eigenvalue weighted by Gasteiger charge is -2.27. The van der Waals surface area contributed by atoms with Gasteiger partial charge in [0.1, 0.15) is 0 Å². The Morgan fingerprint density at radius 3 is 3.17 bits per heavy atom. The summed E-state index contributed by atoms with van der Waals surface area (Å²) >= 11 is 1.48. The molecule has 1 aromatic heterocycles.